The van der Waals surface area contributed by atoms with Gasteiger partial charge in [-0.05, 0) is 43.4 Å². The molecule has 5 N–H and O–H groups in total. The molecule has 5 atom stereocenters. The maximum absolute atomic E-state index is 12.4. The highest BCUT2D eigenvalue weighted by Crippen LogP contribution is 2.46. The zero-order valence-electron chi connectivity index (χ0n) is 27.4. The summed E-state index contributed by atoms with van der Waals surface area (Å²) in [6.45, 7) is 3.53. The number of nitrogens with zero attached hydrogens (tertiary/aromatic N) is 3. The van der Waals surface area contributed by atoms with Gasteiger partial charge in [0.25, 0.3) is 0 Å². The summed E-state index contributed by atoms with van der Waals surface area (Å²) in [7, 11) is -4.36. The van der Waals surface area contributed by atoms with Gasteiger partial charge in [0, 0.05) is 0 Å². The molecule has 45 heavy (non-hydrogen) atoms. The standard InChI is InChI=1S/C32H57N4O7PS/c1-3-4-5-6-7-8-9-10-11-12-13-14-15-16-17-22-45-23-18-21-41-44(39,40)42-24-27-29(37)30(38)32(2,43-27)28-20-19-26-31(33)34-25-35-36(26)28/h19-20,25,27,29-30,37-38H,3-18,21-24H2,1-2H3,(H,39,40)(H2,33,34,35)/t27-,29-,30-,32+/m1/s1. The van der Waals surface area contributed by atoms with Crippen molar-refractivity contribution in [2.24, 2.45) is 0 Å². The number of hydrogen-bond donors (Lipinski definition) is 4. The SMILES string of the molecule is CCCCCCCCCCCCCCCCCSCCCOP(=O)(O)OC[C@H]1O[C@@](C)(c2ccc3c(N)ncnn23)[C@H](O)[C@@H]1O. The minimum atomic E-state index is -4.36. The number of fused-ring (bicyclic) bond motifs is 1. The van der Waals surface area contributed by atoms with Gasteiger partial charge >= 0.3 is 7.82 Å². The number of aliphatic hydroxyl groups excluding tert-OH is 2. The molecule has 258 valence electrons. The number of aromatic nitrogens is 3. The molecule has 2 aromatic rings. The molecule has 1 saturated heterocycles. The van der Waals surface area contributed by atoms with Crippen LogP contribution in [0.5, 0.6) is 0 Å². The van der Waals surface area contributed by atoms with E-state index in [4.69, 9.17) is 19.5 Å². The molecule has 1 aliphatic heterocycles. The fraction of sp³-hybridized carbons (Fsp3) is 0.812. The summed E-state index contributed by atoms with van der Waals surface area (Å²) < 4.78 is 30.1. The summed E-state index contributed by atoms with van der Waals surface area (Å²) in [4.78, 5) is 14.1. The van der Waals surface area contributed by atoms with Crippen molar-refractivity contribution in [3.05, 3.63) is 24.2 Å². The Hall–Kier alpha value is -1.24. The lowest BCUT2D eigenvalue weighted by Crippen LogP contribution is -2.39. The van der Waals surface area contributed by atoms with Crippen molar-refractivity contribution in [2.75, 3.05) is 30.5 Å². The molecular weight excluding hydrogens is 615 g/mol. The molecule has 0 aliphatic carbocycles. The van der Waals surface area contributed by atoms with Crippen molar-refractivity contribution in [3.8, 4) is 0 Å². The lowest BCUT2D eigenvalue weighted by molar-refractivity contribution is -0.0888. The van der Waals surface area contributed by atoms with E-state index in [1.165, 1.54) is 107 Å². The van der Waals surface area contributed by atoms with Gasteiger partial charge in [-0.1, -0.05) is 96.8 Å². The highest BCUT2D eigenvalue weighted by Gasteiger charge is 2.54. The normalized spacial score (nSPS) is 23.2. The molecule has 1 unspecified atom stereocenters. The van der Waals surface area contributed by atoms with Gasteiger partial charge in [0.05, 0.1) is 18.9 Å². The van der Waals surface area contributed by atoms with Crippen LogP contribution in [-0.4, -0.2) is 72.7 Å². The Bertz CT molecular complexity index is 1160. The lowest BCUT2D eigenvalue weighted by Gasteiger charge is -2.27. The third kappa shape index (κ3) is 12.4. The molecule has 13 heteroatoms. The molecule has 0 bridgehead atoms. The van der Waals surface area contributed by atoms with E-state index < -0.39 is 38.3 Å². The second-order valence-electron chi connectivity index (χ2n) is 12.4. The van der Waals surface area contributed by atoms with Crippen LogP contribution in [0, 0.1) is 0 Å². The molecular formula is C32H57N4O7PS. The number of phosphoric ester groups is 1. The Labute approximate surface area is 273 Å². The van der Waals surface area contributed by atoms with Crippen molar-refractivity contribution in [3.63, 3.8) is 0 Å². The van der Waals surface area contributed by atoms with Gasteiger partial charge in [0.15, 0.2) is 5.82 Å². The molecule has 11 nitrogen and oxygen atoms in total. The van der Waals surface area contributed by atoms with Crippen LogP contribution in [0.4, 0.5) is 5.82 Å². The van der Waals surface area contributed by atoms with Crippen LogP contribution in [0.1, 0.15) is 122 Å². The predicted molar refractivity (Wildman–Crippen MR) is 180 cm³/mol. The fourth-order valence-corrected chi connectivity index (χ4v) is 7.58. The second kappa shape index (κ2) is 20.2. The topological polar surface area (TPSA) is 162 Å². The van der Waals surface area contributed by atoms with Crippen LogP contribution in [0.2, 0.25) is 0 Å². The van der Waals surface area contributed by atoms with Crippen molar-refractivity contribution in [1.82, 2.24) is 14.6 Å². The molecule has 0 spiro atoms. The Kier molecular flexibility index (Phi) is 17.2. The first-order chi connectivity index (χ1) is 21.7. The summed E-state index contributed by atoms with van der Waals surface area (Å²) in [5.41, 5.74) is 5.51. The summed E-state index contributed by atoms with van der Waals surface area (Å²) in [5.74, 6) is 2.18. The third-order valence-electron chi connectivity index (χ3n) is 8.64. The number of rotatable bonds is 25. The molecule has 0 radical (unpaired) electrons. The number of unbranched alkanes of at least 4 members (excludes halogenated alkanes) is 14. The van der Waals surface area contributed by atoms with Crippen LogP contribution in [0.3, 0.4) is 0 Å². The summed E-state index contributed by atoms with van der Waals surface area (Å²) in [6, 6.07) is 3.37. The minimum Gasteiger partial charge on any atom is -0.387 e. The van der Waals surface area contributed by atoms with Gasteiger partial charge in [-0.3, -0.25) is 9.05 Å². The first-order valence-corrected chi connectivity index (χ1v) is 19.7. The molecule has 0 aromatic carbocycles. The molecule has 3 heterocycles. The first kappa shape index (κ1) is 38.2. The Balaban J connectivity index is 1.18. The number of aliphatic hydroxyl groups is 2. The molecule has 1 fully saturated rings. The van der Waals surface area contributed by atoms with E-state index in [-0.39, 0.29) is 12.4 Å². The van der Waals surface area contributed by atoms with Gasteiger partial charge < -0.3 is 25.6 Å². The van der Waals surface area contributed by atoms with Gasteiger partial charge in [-0.25, -0.2) is 14.1 Å². The fourth-order valence-electron chi connectivity index (χ4n) is 5.88. The molecule has 3 rings (SSSR count). The first-order valence-electron chi connectivity index (χ1n) is 17.0. The van der Waals surface area contributed by atoms with E-state index in [0.29, 0.717) is 17.6 Å². The van der Waals surface area contributed by atoms with Crippen LogP contribution in [0.15, 0.2) is 18.5 Å². The van der Waals surface area contributed by atoms with Crippen molar-refractivity contribution >= 4 is 30.9 Å². The predicted octanol–water partition coefficient (Wildman–Crippen LogP) is 6.78. The number of ether oxygens (including phenoxy) is 1. The molecule has 0 saturated carbocycles. The van der Waals surface area contributed by atoms with Gasteiger partial charge in [0.1, 0.15) is 35.8 Å². The molecule has 0 amide bonds. The maximum Gasteiger partial charge on any atom is 0.472 e. The van der Waals surface area contributed by atoms with Crippen molar-refractivity contribution in [1.29, 1.82) is 0 Å². The molecule has 2 aromatic heterocycles. The largest absolute Gasteiger partial charge is 0.472 e. The zero-order valence-corrected chi connectivity index (χ0v) is 29.1. The Morgan fingerprint density at radius 1 is 0.933 bits per heavy atom. The monoisotopic (exact) mass is 672 g/mol. The Morgan fingerprint density at radius 2 is 1.51 bits per heavy atom. The zero-order chi connectivity index (χ0) is 32.5. The maximum atomic E-state index is 12.4. The summed E-state index contributed by atoms with van der Waals surface area (Å²) in [5, 5.41) is 25.6. The lowest BCUT2D eigenvalue weighted by atomic mass is 9.93. The average Bonchev–Trinajstić information content (AvgIpc) is 3.56. The Morgan fingerprint density at radius 3 is 2.13 bits per heavy atom. The number of anilines is 1. The third-order valence-corrected chi connectivity index (χ3v) is 10.8. The van der Waals surface area contributed by atoms with Gasteiger partial charge in [-0.15, -0.1) is 0 Å². The van der Waals surface area contributed by atoms with E-state index in [0.717, 1.165) is 11.5 Å². The number of thioether (sulfide) groups is 1. The van der Waals surface area contributed by atoms with E-state index in [1.807, 2.05) is 11.8 Å². The number of nitrogens with two attached hydrogens (primary N) is 1. The van der Waals surface area contributed by atoms with Crippen LogP contribution < -0.4 is 5.73 Å². The average molecular weight is 673 g/mol. The number of phosphoric acid groups is 1. The van der Waals surface area contributed by atoms with Crippen molar-refractivity contribution in [2.45, 2.75) is 140 Å². The van der Waals surface area contributed by atoms with E-state index in [2.05, 4.69) is 17.0 Å². The smallest absolute Gasteiger partial charge is 0.387 e. The van der Waals surface area contributed by atoms with Gasteiger partial charge in [-0.2, -0.15) is 16.9 Å². The van der Waals surface area contributed by atoms with E-state index >= 15 is 0 Å². The van der Waals surface area contributed by atoms with E-state index in [1.54, 1.807) is 19.1 Å². The van der Waals surface area contributed by atoms with Gasteiger partial charge in [0.2, 0.25) is 0 Å². The van der Waals surface area contributed by atoms with Crippen LogP contribution in [0.25, 0.3) is 5.52 Å². The minimum absolute atomic E-state index is 0.0886. The van der Waals surface area contributed by atoms with Crippen LogP contribution >= 0.6 is 19.6 Å². The van der Waals surface area contributed by atoms with Crippen molar-refractivity contribution < 1.29 is 33.5 Å². The summed E-state index contributed by atoms with van der Waals surface area (Å²) >= 11 is 1.83. The summed E-state index contributed by atoms with van der Waals surface area (Å²) in [6.07, 6.45) is 18.5. The number of hydrogen-bond acceptors (Lipinski definition) is 10. The quantitative estimate of drug-likeness (QED) is 0.0650. The highest BCUT2D eigenvalue weighted by molar-refractivity contribution is 7.99. The second-order valence-corrected chi connectivity index (χ2v) is 15.1. The highest BCUT2D eigenvalue weighted by atomic mass is 32.2. The van der Waals surface area contributed by atoms with E-state index in [9.17, 15) is 19.7 Å². The molecule has 1 aliphatic rings. The number of nitrogen functional groups attached to an aromatic ring is 1. The van der Waals surface area contributed by atoms with Crippen LogP contribution in [-0.2, 0) is 24.0 Å².